The minimum atomic E-state index is -4.39. The fraction of sp³-hybridized carbons (Fsp3) is 0.462. The van der Waals surface area contributed by atoms with Gasteiger partial charge in [0.15, 0.2) is 0 Å². The van der Waals surface area contributed by atoms with E-state index in [1.165, 1.54) is 13.2 Å². The maximum Gasteiger partial charge on any atom is 0.416 e. The fourth-order valence-corrected chi connectivity index (χ4v) is 2.33. The van der Waals surface area contributed by atoms with Crippen LogP contribution in [0.15, 0.2) is 18.2 Å². The molecule has 0 aliphatic carbocycles. The number of fused-ring (bicyclic) bond motifs is 1. The second kappa shape index (κ2) is 4.43. The van der Waals surface area contributed by atoms with Crippen LogP contribution in [-0.4, -0.2) is 18.6 Å². The molecule has 0 amide bonds. The number of hydrogen-bond acceptors (Lipinski definition) is 3. The van der Waals surface area contributed by atoms with Gasteiger partial charge in [0.1, 0.15) is 5.54 Å². The average molecular weight is 273 g/mol. The summed E-state index contributed by atoms with van der Waals surface area (Å²) in [5.41, 5.74) is -0.640. The molecule has 1 unspecified atom stereocenters. The molecule has 2 rings (SSSR count). The summed E-state index contributed by atoms with van der Waals surface area (Å²) in [4.78, 5) is 11.8. The molecule has 0 saturated carbocycles. The Labute approximate surface area is 108 Å². The normalized spacial score (nSPS) is 21.7. The van der Waals surface area contributed by atoms with Crippen LogP contribution >= 0.6 is 0 Å². The Morgan fingerprint density at radius 1 is 1.47 bits per heavy atom. The topological polar surface area (TPSA) is 38.3 Å². The minimum absolute atomic E-state index is 0.337. The Morgan fingerprint density at radius 2 is 2.16 bits per heavy atom. The van der Waals surface area contributed by atoms with Crippen LogP contribution in [0, 0.1) is 0 Å². The van der Waals surface area contributed by atoms with Crippen LogP contribution < -0.4 is 5.32 Å². The van der Waals surface area contributed by atoms with E-state index in [-0.39, 0.29) is 0 Å². The molecule has 0 saturated heterocycles. The number of nitrogens with one attached hydrogen (secondary N) is 1. The lowest BCUT2D eigenvalue weighted by molar-refractivity contribution is -0.146. The highest BCUT2D eigenvalue weighted by Crippen LogP contribution is 2.39. The zero-order chi connectivity index (χ0) is 14.3. The van der Waals surface area contributed by atoms with Gasteiger partial charge in [-0.25, -0.2) is 4.79 Å². The van der Waals surface area contributed by atoms with Gasteiger partial charge in [-0.2, -0.15) is 13.2 Å². The Kier molecular flexibility index (Phi) is 3.20. The highest BCUT2D eigenvalue weighted by molar-refractivity contribution is 5.88. The summed E-state index contributed by atoms with van der Waals surface area (Å²) >= 11 is 0. The Balaban J connectivity index is 2.37. The molecule has 0 radical (unpaired) electrons. The lowest BCUT2D eigenvalue weighted by Crippen LogP contribution is -2.45. The molecule has 1 heterocycles. The number of rotatable bonds is 2. The lowest BCUT2D eigenvalue weighted by Gasteiger charge is -2.25. The second-order valence-corrected chi connectivity index (χ2v) is 4.60. The maximum absolute atomic E-state index is 12.6. The van der Waals surface area contributed by atoms with E-state index < -0.39 is 23.2 Å². The highest BCUT2D eigenvalue weighted by atomic mass is 19.4. The van der Waals surface area contributed by atoms with Gasteiger partial charge in [-0.15, -0.1) is 0 Å². The molecule has 1 atom stereocenters. The average Bonchev–Trinajstić information content (AvgIpc) is 2.75. The number of carbonyl (C=O) groups is 1. The summed E-state index contributed by atoms with van der Waals surface area (Å²) in [6.45, 7) is 1.79. The first-order valence-corrected chi connectivity index (χ1v) is 5.89. The van der Waals surface area contributed by atoms with Crippen molar-refractivity contribution in [2.45, 2.75) is 31.5 Å². The minimum Gasteiger partial charge on any atom is -0.467 e. The Morgan fingerprint density at radius 3 is 2.68 bits per heavy atom. The van der Waals surface area contributed by atoms with Crippen molar-refractivity contribution in [1.29, 1.82) is 0 Å². The predicted octanol–water partition coefficient (Wildman–Crippen LogP) is 3.00. The van der Waals surface area contributed by atoms with Gasteiger partial charge in [0.2, 0.25) is 0 Å². The molecule has 1 aliphatic rings. The molecule has 1 N–H and O–H groups in total. The third-order valence-electron chi connectivity index (χ3n) is 3.48. The van der Waals surface area contributed by atoms with Crippen LogP contribution in [0.25, 0.3) is 0 Å². The van der Waals surface area contributed by atoms with E-state index in [9.17, 15) is 18.0 Å². The number of methoxy groups -OCH3 is 1. The number of alkyl halides is 3. The van der Waals surface area contributed by atoms with Crippen molar-refractivity contribution in [3.05, 3.63) is 29.3 Å². The number of hydrogen-bond donors (Lipinski definition) is 1. The number of carbonyl (C=O) groups excluding carboxylic acids is 1. The van der Waals surface area contributed by atoms with Crippen LogP contribution in [0.5, 0.6) is 0 Å². The van der Waals surface area contributed by atoms with E-state index >= 15 is 0 Å². The Bertz CT molecular complexity index is 513. The fourth-order valence-electron chi connectivity index (χ4n) is 2.33. The SMILES string of the molecule is CCC1(C(=O)OC)Cc2ccc(C(F)(F)F)cc2N1. The first-order chi connectivity index (χ1) is 8.82. The van der Waals surface area contributed by atoms with Crippen molar-refractivity contribution in [2.24, 2.45) is 0 Å². The van der Waals surface area contributed by atoms with Crippen LogP contribution in [0.4, 0.5) is 18.9 Å². The molecule has 104 valence electrons. The van der Waals surface area contributed by atoms with Gasteiger partial charge in [-0.3, -0.25) is 0 Å². The van der Waals surface area contributed by atoms with Crippen molar-refractivity contribution in [3.63, 3.8) is 0 Å². The lowest BCUT2D eigenvalue weighted by atomic mass is 9.92. The standard InChI is InChI=1S/C13H14F3NO2/c1-3-12(11(18)19-2)7-8-4-5-9(13(14,15)16)6-10(8)17-12/h4-6,17H,3,7H2,1-2H3. The summed E-state index contributed by atoms with van der Waals surface area (Å²) in [5.74, 6) is -0.459. The van der Waals surface area contributed by atoms with Crippen molar-refractivity contribution < 1.29 is 22.7 Å². The van der Waals surface area contributed by atoms with E-state index in [0.29, 0.717) is 24.1 Å². The van der Waals surface area contributed by atoms with Gasteiger partial charge in [-0.1, -0.05) is 13.0 Å². The van der Waals surface area contributed by atoms with E-state index in [4.69, 9.17) is 4.74 Å². The van der Waals surface area contributed by atoms with E-state index in [0.717, 1.165) is 12.1 Å². The third kappa shape index (κ3) is 2.27. The molecule has 1 aliphatic heterocycles. The second-order valence-electron chi connectivity index (χ2n) is 4.60. The number of anilines is 1. The molecule has 0 aromatic heterocycles. The molecule has 1 aromatic carbocycles. The van der Waals surface area contributed by atoms with Crippen molar-refractivity contribution in [3.8, 4) is 0 Å². The van der Waals surface area contributed by atoms with Crippen molar-refractivity contribution in [2.75, 3.05) is 12.4 Å². The molecule has 19 heavy (non-hydrogen) atoms. The van der Waals surface area contributed by atoms with Crippen LogP contribution in [0.2, 0.25) is 0 Å². The molecular weight excluding hydrogens is 259 g/mol. The zero-order valence-corrected chi connectivity index (χ0v) is 10.6. The molecule has 0 spiro atoms. The van der Waals surface area contributed by atoms with Crippen LogP contribution in [0.3, 0.4) is 0 Å². The number of halogens is 3. The highest BCUT2D eigenvalue weighted by Gasteiger charge is 2.44. The molecule has 0 bridgehead atoms. The van der Waals surface area contributed by atoms with Gasteiger partial charge in [0.05, 0.1) is 12.7 Å². The maximum atomic E-state index is 12.6. The Hall–Kier alpha value is -1.72. The molecule has 0 fully saturated rings. The summed E-state index contributed by atoms with van der Waals surface area (Å²) in [6.07, 6.45) is -3.61. The van der Waals surface area contributed by atoms with Gasteiger partial charge in [0, 0.05) is 12.1 Å². The largest absolute Gasteiger partial charge is 0.467 e. The van der Waals surface area contributed by atoms with Crippen LogP contribution in [0.1, 0.15) is 24.5 Å². The smallest absolute Gasteiger partial charge is 0.416 e. The third-order valence-corrected chi connectivity index (χ3v) is 3.48. The van der Waals surface area contributed by atoms with Crippen LogP contribution in [-0.2, 0) is 22.1 Å². The molecule has 3 nitrogen and oxygen atoms in total. The summed E-state index contributed by atoms with van der Waals surface area (Å²) in [6, 6.07) is 3.48. The van der Waals surface area contributed by atoms with Crippen molar-refractivity contribution >= 4 is 11.7 Å². The summed E-state index contributed by atoms with van der Waals surface area (Å²) in [7, 11) is 1.27. The quantitative estimate of drug-likeness (QED) is 0.842. The monoisotopic (exact) mass is 273 g/mol. The first-order valence-electron chi connectivity index (χ1n) is 5.89. The molecule has 1 aromatic rings. The molecule has 6 heteroatoms. The zero-order valence-electron chi connectivity index (χ0n) is 10.6. The number of benzene rings is 1. The van der Waals surface area contributed by atoms with Gasteiger partial charge in [-0.05, 0) is 24.1 Å². The first kappa shape index (κ1) is 13.7. The van der Waals surface area contributed by atoms with Gasteiger partial charge < -0.3 is 10.1 Å². The van der Waals surface area contributed by atoms with Gasteiger partial charge >= 0.3 is 12.1 Å². The summed E-state index contributed by atoms with van der Waals surface area (Å²) < 4.78 is 42.6. The van der Waals surface area contributed by atoms with E-state index in [1.54, 1.807) is 6.92 Å². The number of ether oxygens (including phenoxy) is 1. The van der Waals surface area contributed by atoms with Gasteiger partial charge in [0.25, 0.3) is 0 Å². The van der Waals surface area contributed by atoms with E-state index in [1.807, 2.05) is 0 Å². The predicted molar refractivity (Wildman–Crippen MR) is 63.8 cm³/mol. The molecular formula is C13H14F3NO2. The van der Waals surface area contributed by atoms with Crippen molar-refractivity contribution in [1.82, 2.24) is 0 Å². The van der Waals surface area contributed by atoms with E-state index in [2.05, 4.69) is 5.32 Å². The summed E-state index contributed by atoms with van der Waals surface area (Å²) in [5, 5.41) is 2.89. The number of esters is 1.